The van der Waals surface area contributed by atoms with E-state index in [4.69, 9.17) is 25.2 Å². The van der Waals surface area contributed by atoms with Gasteiger partial charge in [0.1, 0.15) is 36.3 Å². The summed E-state index contributed by atoms with van der Waals surface area (Å²) in [6, 6.07) is 0. The highest BCUT2D eigenvalue weighted by atomic mass is 31.3. The lowest BCUT2D eigenvalue weighted by molar-refractivity contribution is -0.0257. The van der Waals surface area contributed by atoms with Crippen LogP contribution in [0.5, 0.6) is 0 Å². The normalized spacial score (nSPS) is 27.9. The van der Waals surface area contributed by atoms with Gasteiger partial charge in [-0.25, -0.2) is 28.6 Å². The number of aromatic nitrogens is 4. The fourth-order valence-corrected chi connectivity index (χ4v) is 5.84. The highest BCUT2D eigenvalue weighted by molar-refractivity contribution is 7.66. The van der Waals surface area contributed by atoms with Gasteiger partial charge in [0, 0.05) is 0 Å². The molecule has 32 heavy (non-hydrogen) atoms. The number of aliphatic hydroxyl groups is 2. The maximum atomic E-state index is 11.8. The van der Waals surface area contributed by atoms with Gasteiger partial charge in [-0.1, -0.05) is 0 Å². The molecule has 2 aromatic rings. The molecule has 0 spiro atoms. The number of hydrogen-bond donors (Lipinski definition) is 7. The third-order valence-electron chi connectivity index (χ3n) is 4.09. The van der Waals surface area contributed by atoms with Crippen molar-refractivity contribution in [3.8, 4) is 0 Å². The molecule has 3 rings (SSSR count). The largest absolute Gasteiger partial charge is 0.490 e. The molecule has 8 N–H and O–H groups in total. The minimum absolute atomic E-state index is 0.0725. The molecule has 1 aliphatic heterocycles. The number of imidazole rings is 1. The molecule has 0 amide bonds. The Labute approximate surface area is 178 Å². The lowest BCUT2D eigenvalue weighted by Crippen LogP contribution is -2.35. The molecule has 0 aliphatic carbocycles. The number of nitrogen functional groups attached to an aromatic ring is 1. The Balaban J connectivity index is 1.62. The van der Waals surface area contributed by atoms with Crippen molar-refractivity contribution in [3.05, 3.63) is 12.7 Å². The van der Waals surface area contributed by atoms with Crippen molar-refractivity contribution < 1.29 is 61.4 Å². The zero-order valence-corrected chi connectivity index (χ0v) is 18.3. The second-order valence-corrected chi connectivity index (χ2v) is 10.8. The molecule has 18 nitrogen and oxygen atoms in total. The summed E-state index contributed by atoms with van der Waals surface area (Å²) < 4.78 is 52.2. The van der Waals surface area contributed by atoms with E-state index in [0.717, 1.165) is 0 Å². The third kappa shape index (κ3) is 6.15. The summed E-state index contributed by atoms with van der Waals surface area (Å²) in [7, 11) is -16.6. The van der Waals surface area contributed by atoms with Crippen LogP contribution in [0.2, 0.25) is 0 Å². The maximum absolute atomic E-state index is 11.8. The van der Waals surface area contributed by atoms with Crippen molar-refractivity contribution in [2.24, 2.45) is 0 Å². The van der Waals surface area contributed by atoms with Crippen LogP contribution < -0.4 is 5.73 Å². The third-order valence-corrected chi connectivity index (χ3v) is 7.89. The van der Waals surface area contributed by atoms with E-state index < -0.39 is 54.5 Å². The molecule has 21 heteroatoms. The molecule has 1 fully saturated rings. The van der Waals surface area contributed by atoms with E-state index in [-0.39, 0.29) is 12.4 Å². The zero-order chi connectivity index (χ0) is 23.9. The first-order chi connectivity index (χ1) is 14.7. The fraction of sp³-hybridized carbons (Fsp3) is 0.545. The van der Waals surface area contributed by atoms with Crippen molar-refractivity contribution in [2.45, 2.75) is 31.0 Å². The number of hydrogen-bond acceptors (Lipinski definition) is 13. The van der Waals surface area contributed by atoms with Gasteiger partial charge in [0.15, 0.2) is 11.5 Å². The number of fused-ring (bicyclic) bond motifs is 1. The molecule has 180 valence electrons. The predicted octanol–water partition coefficient (Wildman–Crippen LogP) is -1.76. The highest BCUT2D eigenvalue weighted by Crippen LogP contribution is 2.66. The van der Waals surface area contributed by atoms with Gasteiger partial charge in [0.25, 0.3) is 0 Å². The van der Waals surface area contributed by atoms with Crippen molar-refractivity contribution >= 4 is 40.4 Å². The summed E-state index contributed by atoms with van der Waals surface area (Å²) in [5, 5.41) is 20.3. The summed E-state index contributed by atoms with van der Waals surface area (Å²) in [5.41, 5.74) is 6.31. The topological polar surface area (TPSA) is 279 Å². The van der Waals surface area contributed by atoms with Crippen LogP contribution in [-0.2, 0) is 38.1 Å². The molecule has 0 saturated carbocycles. The first kappa shape index (κ1) is 25.3. The van der Waals surface area contributed by atoms with E-state index >= 15 is 0 Å². The molecule has 0 radical (unpaired) electrons. The minimum atomic E-state index is -5.69. The number of nitrogens with two attached hydrogens (primary N) is 1. The number of anilines is 1. The molecule has 0 bridgehead atoms. The first-order valence-corrected chi connectivity index (χ1v) is 12.9. The molecule has 3 unspecified atom stereocenters. The predicted molar refractivity (Wildman–Crippen MR) is 100 cm³/mol. The summed E-state index contributed by atoms with van der Waals surface area (Å²) >= 11 is 0. The molecule has 1 saturated heterocycles. The van der Waals surface area contributed by atoms with Gasteiger partial charge >= 0.3 is 23.5 Å². The number of phosphoric ester groups is 1. The average Bonchev–Trinajstić information content (AvgIpc) is 3.15. The van der Waals surface area contributed by atoms with Crippen LogP contribution in [0.15, 0.2) is 12.7 Å². The minimum Gasteiger partial charge on any atom is -0.388 e. The van der Waals surface area contributed by atoms with Gasteiger partial charge < -0.3 is 44.8 Å². The number of phosphoric acid groups is 3. The molecular weight excluding hydrogens is 503 g/mol. The SMILES string of the molecule is Nc1ncnc2c1ncn2C[C@@H]1O[C@H](COP(=O)(O)OP(=O)(O)OP(=O)(O)O)C(O)[C@@H]1O. The summed E-state index contributed by atoms with van der Waals surface area (Å²) in [5.74, 6) is 0.121. The van der Waals surface area contributed by atoms with Gasteiger partial charge in [-0.3, -0.25) is 4.52 Å². The van der Waals surface area contributed by atoms with Gasteiger partial charge in [0.05, 0.1) is 19.5 Å². The molecule has 1 aliphatic rings. The van der Waals surface area contributed by atoms with Crippen LogP contribution in [0.3, 0.4) is 0 Å². The monoisotopic (exact) mass is 521 g/mol. The van der Waals surface area contributed by atoms with Crippen LogP contribution in [0.25, 0.3) is 11.2 Å². The van der Waals surface area contributed by atoms with Crippen molar-refractivity contribution in [1.82, 2.24) is 19.5 Å². The van der Waals surface area contributed by atoms with Gasteiger partial charge in [-0.2, -0.15) is 8.62 Å². The number of aliphatic hydroxyl groups excluding tert-OH is 2. The lowest BCUT2D eigenvalue weighted by atomic mass is 10.1. The van der Waals surface area contributed by atoms with Crippen LogP contribution in [0.1, 0.15) is 0 Å². The molecule has 3 heterocycles. The summed E-state index contributed by atoms with van der Waals surface area (Å²) in [4.78, 5) is 47.4. The smallest absolute Gasteiger partial charge is 0.388 e. The number of rotatable bonds is 9. The Kier molecular flexibility index (Phi) is 7.20. The number of nitrogens with zero attached hydrogens (tertiary/aromatic N) is 4. The second kappa shape index (κ2) is 9.12. The van der Waals surface area contributed by atoms with Crippen LogP contribution in [0, 0.1) is 0 Å². The Bertz CT molecular complexity index is 1120. The fourth-order valence-electron chi connectivity index (χ4n) is 2.81. The van der Waals surface area contributed by atoms with Crippen LogP contribution in [0.4, 0.5) is 5.82 Å². The Morgan fingerprint density at radius 3 is 2.31 bits per heavy atom. The molecular formula is C11H18N5O13P3. The lowest BCUT2D eigenvalue weighted by Gasteiger charge is -2.19. The van der Waals surface area contributed by atoms with E-state index in [1.165, 1.54) is 17.2 Å². The quantitative estimate of drug-likeness (QED) is 0.180. The van der Waals surface area contributed by atoms with Gasteiger partial charge in [-0.05, 0) is 0 Å². The average molecular weight is 521 g/mol. The number of ether oxygens (including phenoxy) is 1. The van der Waals surface area contributed by atoms with Crippen LogP contribution in [-0.4, -0.2) is 80.3 Å². The van der Waals surface area contributed by atoms with E-state index in [9.17, 15) is 28.8 Å². The van der Waals surface area contributed by atoms with E-state index in [2.05, 4.69) is 28.1 Å². The molecule has 2 aromatic heterocycles. The van der Waals surface area contributed by atoms with Crippen molar-refractivity contribution in [1.29, 1.82) is 0 Å². The first-order valence-electron chi connectivity index (χ1n) is 8.39. The van der Waals surface area contributed by atoms with Gasteiger partial charge in [-0.15, -0.1) is 0 Å². The Morgan fingerprint density at radius 1 is 1.00 bits per heavy atom. The van der Waals surface area contributed by atoms with Gasteiger partial charge in [0.2, 0.25) is 0 Å². The maximum Gasteiger partial charge on any atom is 0.490 e. The Morgan fingerprint density at radius 2 is 1.66 bits per heavy atom. The van der Waals surface area contributed by atoms with E-state index in [1.807, 2.05) is 0 Å². The zero-order valence-electron chi connectivity index (χ0n) is 15.6. The van der Waals surface area contributed by atoms with E-state index in [0.29, 0.717) is 11.2 Å². The van der Waals surface area contributed by atoms with Crippen molar-refractivity contribution in [3.63, 3.8) is 0 Å². The second-order valence-electron chi connectivity index (χ2n) is 6.41. The van der Waals surface area contributed by atoms with E-state index in [1.54, 1.807) is 0 Å². The molecule has 0 aromatic carbocycles. The summed E-state index contributed by atoms with van der Waals surface area (Å²) in [6.07, 6.45) is -3.01. The van der Waals surface area contributed by atoms with Crippen LogP contribution >= 0.6 is 23.5 Å². The summed E-state index contributed by atoms with van der Waals surface area (Å²) in [6.45, 7) is -0.991. The standard InChI is InChI=1S/C11H18N5O13P3/c12-10-7-11(14-3-13-10)16(4-15-7)1-5-8(17)9(18)6(27-5)2-26-31(22,23)29-32(24,25)28-30(19,20)21/h3-6,8-9,17-18H,1-2H2,(H,22,23)(H,24,25)(H2,12,13,14)(H2,19,20,21)/t5-,6+,8+,9?/m0/s1. The molecule has 6 atom stereocenters. The Hall–Kier alpha value is -1.36. The highest BCUT2D eigenvalue weighted by Gasteiger charge is 2.46. The van der Waals surface area contributed by atoms with Crippen molar-refractivity contribution in [2.75, 3.05) is 12.3 Å².